The van der Waals surface area contributed by atoms with E-state index in [0.29, 0.717) is 109 Å². The summed E-state index contributed by atoms with van der Waals surface area (Å²) >= 11 is 0. The number of carboxylic acid groups (broad SMARTS) is 2. The number of ether oxygens (including phenoxy) is 4. The molecule has 0 radical (unpaired) electrons. The van der Waals surface area contributed by atoms with E-state index in [0.717, 1.165) is 0 Å². The Kier molecular flexibility index (Phi) is 27.9. The average Bonchev–Trinajstić information content (AvgIpc) is 3.26. The Hall–Kier alpha value is -5.78. The van der Waals surface area contributed by atoms with Crippen LogP contribution in [0.4, 0.5) is 9.18 Å². The van der Waals surface area contributed by atoms with E-state index < -0.39 is 42.5 Å². The van der Waals surface area contributed by atoms with Crippen molar-refractivity contribution in [2.45, 2.75) is 83.0 Å². The molecular formula is C41H62FN7O15. The van der Waals surface area contributed by atoms with E-state index in [9.17, 15) is 52.6 Å². The molecule has 2 rings (SSSR count). The number of carbonyl (C=O) groups is 9. The van der Waals surface area contributed by atoms with Crippen LogP contribution in [0.5, 0.6) is 0 Å². The van der Waals surface area contributed by atoms with E-state index in [1.165, 1.54) is 12.1 Å². The summed E-state index contributed by atoms with van der Waals surface area (Å²) in [7, 11) is 0. The fourth-order valence-electron chi connectivity index (χ4n) is 6.64. The Morgan fingerprint density at radius 1 is 0.656 bits per heavy atom. The van der Waals surface area contributed by atoms with Crippen molar-refractivity contribution in [3.63, 3.8) is 0 Å². The van der Waals surface area contributed by atoms with Crippen LogP contribution in [-0.4, -0.2) is 188 Å². The van der Waals surface area contributed by atoms with E-state index in [-0.39, 0.29) is 83.7 Å². The van der Waals surface area contributed by atoms with Gasteiger partial charge in [0.05, 0.1) is 6.54 Å². The molecule has 1 aromatic rings. The van der Waals surface area contributed by atoms with Gasteiger partial charge >= 0.3 is 18.0 Å². The van der Waals surface area contributed by atoms with Crippen molar-refractivity contribution in [2.75, 3.05) is 85.6 Å². The number of rotatable bonds is 32. The summed E-state index contributed by atoms with van der Waals surface area (Å²) in [5, 5.41) is 22.7. The van der Waals surface area contributed by atoms with Gasteiger partial charge in [-0.1, -0.05) is 18.6 Å². The predicted molar refractivity (Wildman–Crippen MR) is 222 cm³/mol. The second-order valence-electron chi connectivity index (χ2n) is 15.0. The highest BCUT2D eigenvalue weighted by Crippen LogP contribution is 2.14. The Bertz CT molecular complexity index is 1570. The third-order valence-corrected chi connectivity index (χ3v) is 10.2. The molecule has 4 N–H and O–H groups in total. The smallest absolute Gasteiger partial charge is 0.326 e. The zero-order chi connectivity index (χ0) is 47.0. The third-order valence-electron chi connectivity index (χ3n) is 10.2. The molecule has 64 heavy (non-hydrogen) atoms. The number of hydrogen-bond acceptors (Lipinski definition) is 17. The summed E-state index contributed by atoms with van der Waals surface area (Å²) in [5.41, 5.74) is 0.698. The maximum absolute atomic E-state index is 13.6. The van der Waals surface area contributed by atoms with E-state index in [1.807, 2.05) is 19.6 Å². The van der Waals surface area contributed by atoms with Gasteiger partial charge in [0.2, 0.25) is 5.91 Å². The van der Waals surface area contributed by atoms with E-state index in [4.69, 9.17) is 24.1 Å². The maximum atomic E-state index is 13.6. The summed E-state index contributed by atoms with van der Waals surface area (Å²) in [4.78, 5) is 115. The number of nitrogens with zero attached hydrogens (tertiary/aromatic N) is 5. The van der Waals surface area contributed by atoms with Gasteiger partial charge in [0, 0.05) is 91.1 Å². The van der Waals surface area contributed by atoms with Crippen molar-refractivity contribution >= 4 is 55.5 Å². The van der Waals surface area contributed by atoms with Crippen LogP contribution < -0.4 is 10.6 Å². The number of hydrogen-bond donors (Lipinski definition) is 4. The normalized spacial score (nSPS) is 15.5. The second kappa shape index (κ2) is 32.8. The number of carbonyl (C=O) groups excluding carboxylic acids is 7. The van der Waals surface area contributed by atoms with Crippen molar-refractivity contribution < 1.29 is 76.7 Å². The van der Waals surface area contributed by atoms with Crippen molar-refractivity contribution in [1.29, 1.82) is 0 Å². The van der Waals surface area contributed by atoms with E-state index in [2.05, 4.69) is 10.6 Å². The van der Waals surface area contributed by atoms with Crippen LogP contribution in [-0.2, 0) is 63.8 Å². The first kappa shape index (κ1) is 54.4. The molecule has 0 aliphatic carbocycles. The molecule has 1 heterocycles. The molecule has 1 aliphatic heterocycles. The highest BCUT2D eigenvalue weighted by Gasteiger charge is 2.24. The van der Waals surface area contributed by atoms with Gasteiger partial charge in [0.1, 0.15) is 37.8 Å². The lowest BCUT2D eigenvalue weighted by Gasteiger charge is -2.33. The summed E-state index contributed by atoms with van der Waals surface area (Å²) < 4.78 is 33.6. The van der Waals surface area contributed by atoms with Gasteiger partial charge in [-0.25, -0.2) is 14.0 Å². The van der Waals surface area contributed by atoms with Crippen molar-refractivity contribution in [3.05, 3.63) is 35.6 Å². The van der Waals surface area contributed by atoms with Crippen molar-refractivity contribution in [1.82, 2.24) is 35.1 Å². The van der Waals surface area contributed by atoms with Crippen LogP contribution in [0.15, 0.2) is 24.3 Å². The van der Waals surface area contributed by atoms with Crippen LogP contribution in [0.1, 0.15) is 69.8 Å². The number of ketones is 1. The fraction of sp³-hybridized carbons (Fsp3) is 0.634. The van der Waals surface area contributed by atoms with Gasteiger partial charge in [-0.2, -0.15) is 0 Å². The number of benzene rings is 1. The number of unbranched alkanes of at least 4 members (excludes halogenated alkanes) is 3. The summed E-state index contributed by atoms with van der Waals surface area (Å²) in [6.07, 6.45) is 0.988. The number of urea groups is 1. The summed E-state index contributed by atoms with van der Waals surface area (Å²) in [6.45, 7) is 5.79. The number of carboxylic acids is 2. The molecular weight excluding hydrogens is 848 g/mol. The molecule has 358 valence electrons. The first-order chi connectivity index (χ1) is 30.9. The molecule has 0 aromatic heterocycles. The monoisotopic (exact) mass is 910 g/mol. The van der Waals surface area contributed by atoms with Crippen LogP contribution in [0.2, 0.25) is 0 Å². The van der Waals surface area contributed by atoms with Gasteiger partial charge in [-0.3, -0.25) is 53.2 Å². The molecule has 22 nitrogen and oxygen atoms in total. The van der Waals surface area contributed by atoms with Crippen LogP contribution in [0.3, 0.4) is 0 Å². The molecule has 1 fully saturated rings. The standard InChI is InChI=1S/C41H62FN7O15/c42-34-11-9-33(10-12-34)24-49(15-5-4-7-37(64-32-53)44-41(60)43-36(40(58)59)13-14-39(56)57)38(55)8-3-1-2-6-35(54)25-45-16-18-46(26-61-29-50)20-22-48(28-63-31-52)23-21-47(19-17-45)27-62-30-51/h9-12,29-32,36-37H,1-8,13-28H2,(H,56,57)(H,58,59)(H2,43,44,60)/i42-1. The molecule has 0 bridgehead atoms. The number of halogens is 1. The predicted octanol–water partition coefficient (Wildman–Crippen LogP) is 0.574. The third kappa shape index (κ3) is 24.8. The molecule has 1 saturated heterocycles. The minimum atomic E-state index is -1.49. The van der Waals surface area contributed by atoms with Gasteiger partial charge in [-0.15, -0.1) is 0 Å². The highest BCUT2D eigenvalue weighted by molar-refractivity contribution is 5.83. The van der Waals surface area contributed by atoms with Crippen molar-refractivity contribution in [2.24, 2.45) is 0 Å². The van der Waals surface area contributed by atoms with Crippen LogP contribution >= 0.6 is 0 Å². The minimum absolute atomic E-state index is 0.00338. The van der Waals surface area contributed by atoms with E-state index >= 15 is 0 Å². The average molecular weight is 911 g/mol. The zero-order valence-electron chi connectivity index (χ0n) is 36.1. The lowest BCUT2D eigenvalue weighted by molar-refractivity contribution is -0.141. The van der Waals surface area contributed by atoms with Crippen LogP contribution in [0.25, 0.3) is 0 Å². The Morgan fingerprint density at radius 3 is 1.69 bits per heavy atom. The maximum Gasteiger partial charge on any atom is 0.326 e. The molecule has 23 heteroatoms. The van der Waals surface area contributed by atoms with Crippen LogP contribution in [0, 0.1) is 5.82 Å². The molecule has 0 saturated carbocycles. The lowest BCUT2D eigenvalue weighted by Crippen LogP contribution is -2.49. The molecule has 3 amide bonds. The Morgan fingerprint density at radius 2 is 1.19 bits per heavy atom. The summed E-state index contributed by atoms with van der Waals surface area (Å²) in [5.74, 6) is -3.27. The largest absolute Gasteiger partial charge is 0.481 e. The van der Waals surface area contributed by atoms with Gasteiger partial charge in [0.25, 0.3) is 25.9 Å². The fourth-order valence-corrected chi connectivity index (χ4v) is 6.64. The summed E-state index contributed by atoms with van der Waals surface area (Å²) in [6, 6.07) is 3.27. The second-order valence-corrected chi connectivity index (χ2v) is 15.0. The SMILES string of the molecule is O=COCN1CCN(COC=O)CCN(CC(=O)CCCCCC(=O)N(CCCCC(NC(=O)NC(CCC(=O)O)C(=O)O)OC=O)Cc2ccc([18F])cc2)CCN(COC=O)CC1. The van der Waals surface area contributed by atoms with Gasteiger partial charge in [0.15, 0.2) is 6.23 Å². The van der Waals surface area contributed by atoms with E-state index in [1.54, 1.807) is 17.0 Å². The zero-order valence-corrected chi connectivity index (χ0v) is 36.1. The topological polar surface area (TPSA) is 271 Å². The number of aliphatic carboxylic acids is 2. The van der Waals surface area contributed by atoms with Gasteiger partial charge in [-0.05, 0) is 49.8 Å². The van der Waals surface area contributed by atoms with Crippen molar-refractivity contribution in [3.8, 4) is 0 Å². The molecule has 1 aliphatic rings. The first-order valence-corrected chi connectivity index (χ1v) is 21.1. The lowest BCUT2D eigenvalue weighted by atomic mass is 10.1. The molecule has 0 spiro atoms. The quantitative estimate of drug-likeness (QED) is 0.0333. The molecule has 2 unspecified atom stereocenters. The molecule has 2 atom stereocenters. The number of nitrogens with one attached hydrogen (secondary N) is 2. The number of amides is 3. The molecule has 1 aromatic carbocycles. The van der Waals surface area contributed by atoms with Gasteiger partial charge < -0.3 is 44.7 Å². The highest BCUT2D eigenvalue weighted by atomic mass is 18.2. The first-order valence-electron chi connectivity index (χ1n) is 21.1. The Labute approximate surface area is 371 Å². The number of Topliss-reactive ketones (excluding diaryl/α,β-unsaturated/α-hetero) is 1. The Balaban J connectivity index is 1.94. The minimum Gasteiger partial charge on any atom is -0.481 e.